The summed E-state index contributed by atoms with van der Waals surface area (Å²) in [7, 11) is 0. The van der Waals surface area contributed by atoms with Crippen LogP contribution in [-0.2, 0) is 5.54 Å². The maximum Gasteiger partial charge on any atom is 0.193 e. The standard InChI is InChI=1S/C16H17NO2/c1-16(2,17-19)14-10-8-13(9-11-14)15(18)12-6-4-3-5-7-12/h3-11,17,19H,1-2H3. The lowest BCUT2D eigenvalue weighted by molar-refractivity contribution is 0.0806. The van der Waals surface area contributed by atoms with Crippen LogP contribution in [0.3, 0.4) is 0 Å². The van der Waals surface area contributed by atoms with Crippen LogP contribution in [0.2, 0.25) is 0 Å². The first kappa shape index (κ1) is 13.5. The van der Waals surface area contributed by atoms with Gasteiger partial charge >= 0.3 is 0 Å². The van der Waals surface area contributed by atoms with Crippen LogP contribution in [0.4, 0.5) is 0 Å². The van der Waals surface area contributed by atoms with E-state index in [1.165, 1.54) is 0 Å². The fraction of sp³-hybridized carbons (Fsp3) is 0.188. The number of hydrogen-bond donors (Lipinski definition) is 2. The lowest BCUT2D eigenvalue weighted by Gasteiger charge is -2.23. The van der Waals surface area contributed by atoms with Gasteiger partial charge in [0, 0.05) is 11.1 Å². The van der Waals surface area contributed by atoms with Gasteiger partial charge in [0.05, 0.1) is 5.54 Å². The van der Waals surface area contributed by atoms with Crippen molar-refractivity contribution < 1.29 is 10.0 Å². The van der Waals surface area contributed by atoms with E-state index in [1.807, 2.05) is 44.2 Å². The van der Waals surface area contributed by atoms with Crippen molar-refractivity contribution in [2.24, 2.45) is 0 Å². The molecular formula is C16H17NO2. The molecule has 0 saturated carbocycles. The third kappa shape index (κ3) is 2.89. The first-order valence-electron chi connectivity index (χ1n) is 6.16. The number of carbonyl (C=O) groups is 1. The molecule has 0 heterocycles. The van der Waals surface area contributed by atoms with Gasteiger partial charge in [-0.3, -0.25) is 4.79 Å². The van der Waals surface area contributed by atoms with Gasteiger partial charge in [-0.2, -0.15) is 5.48 Å². The third-order valence-corrected chi connectivity index (χ3v) is 3.18. The molecule has 2 N–H and O–H groups in total. The van der Waals surface area contributed by atoms with E-state index in [2.05, 4.69) is 5.48 Å². The fourth-order valence-electron chi connectivity index (χ4n) is 1.86. The summed E-state index contributed by atoms with van der Waals surface area (Å²) < 4.78 is 0. The molecule has 0 spiro atoms. The fourth-order valence-corrected chi connectivity index (χ4v) is 1.86. The second kappa shape index (κ2) is 5.34. The van der Waals surface area contributed by atoms with Crippen LogP contribution in [0.15, 0.2) is 54.6 Å². The van der Waals surface area contributed by atoms with Crippen LogP contribution in [-0.4, -0.2) is 11.0 Å². The number of hydroxylamine groups is 1. The van der Waals surface area contributed by atoms with Gasteiger partial charge in [-0.25, -0.2) is 0 Å². The van der Waals surface area contributed by atoms with Crippen molar-refractivity contribution in [1.82, 2.24) is 5.48 Å². The quantitative estimate of drug-likeness (QED) is 0.652. The molecule has 0 radical (unpaired) electrons. The molecule has 0 amide bonds. The number of hydrogen-bond acceptors (Lipinski definition) is 3. The zero-order valence-electron chi connectivity index (χ0n) is 11.1. The summed E-state index contributed by atoms with van der Waals surface area (Å²) in [6, 6.07) is 16.4. The average Bonchev–Trinajstić information content (AvgIpc) is 2.47. The summed E-state index contributed by atoms with van der Waals surface area (Å²) in [5.74, 6) is 0.00177. The Morgan fingerprint density at radius 1 is 0.947 bits per heavy atom. The van der Waals surface area contributed by atoms with Gasteiger partial charge in [0.15, 0.2) is 5.78 Å². The molecule has 2 aromatic rings. The highest BCUT2D eigenvalue weighted by Crippen LogP contribution is 2.20. The molecule has 0 aliphatic rings. The Labute approximate surface area is 112 Å². The van der Waals surface area contributed by atoms with Crippen molar-refractivity contribution >= 4 is 5.78 Å². The monoisotopic (exact) mass is 255 g/mol. The molecule has 3 heteroatoms. The molecule has 0 unspecified atom stereocenters. The Balaban J connectivity index is 2.27. The van der Waals surface area contributed by atoms with E-state index in [0.29, 0.717) is 11.1 Å². The molecular weight excluding hydrogens is 238 g/mol. The highest BCUT2D eigenvalue weighted by molar-refractivity contribution is 6.08. The summed E-state index contributed by atoms with van der Waals surface area (Å²) in [5.41, 5.74) is 3.95. The summed E-state index contributed by atoms with van der Waals surface area (Å²) in [4.78, 5) is 12.2. The lowest BCUT2D eigenvalue weighted by atomic mass is 9.93. The second-order valence-corrected chi connectivity index (χ2v) is 5.01. The molecule has 0 saturated heterocycles. The van der Waals surface area contributed by atoms with Gasteiger partial charge in [-0.1, -0.05) is 54.6 Å². The van der Waals surface area contributed by atoms with Crippen LogP contribution in [0, 0.1) is 0 Å². The van der Waals surface area contributed by atoms with Gasteiger partial charge in [-0.15, -0.1) is 0 Å². The number of carbonyl (C=O) groups excluding carboxylic acids is 1. The summed E-state index contributed by atoms with van der Waals surface area (Å²) in [5, 5.41) is 9.09. The molecule has 0 fully saturated rings. The Bertz CT molecular complexity index is 559. The molecule has 2 aromatic carbocycles. The smallest absolute Gasteiger partial charge is 0.193 e. The van der Waals surface area contributed by atoms with Crippen LogP contribution in [0.5, 0.6) is 0 Å². The Kier molecular flexibility index (Phi) is 3.79. The highest BCUT2D eigenvalue weighted by Gasteiger charge is 2.19. The van der Waals surface area contributed by atoms with E-state index < -0.39 is 5.54 Å². The SMILES string of the molecule is CC(C)(NO)c1ccc(C(=O)c2ccccc2)cc1. The van der Waals surface area contributed by atoms with Crippen LogP contribution in [0.25, 0.3) is 0 Å². The highest BCUT2D eigenvalue weighted by atomic mass is 16.5. The van der Waals surface area contributed by atoms with E-state index >= 15 is 0 Å². The molecule has 98 valence electrons. The van der Waals surface area contributed by atoms with Crippen molar-refractivity contribution in [2.45, 2.75) is 19.4 Å². The first-order valence-corrected chi connectivity index (χ1v) is 6.16. The van der Waals surface area contributed by atoms with E-state index in [0.717, 1.165) is 5.56 Å². The minimum Gasteiger partial charge on any atom is -0.316 e. The van der Waals surface area contributed by atoms with Crippen molar-refractivity contribution in [3.8, 4) is 0 Å². The minimum atomic E-state index is -0.533. The normalized spacial score (nSPS) is 11.3. The van der Waals surface area contributed by atoms with E-state index in [4.69, 9.17) is 5.21 Å². The summed E-state index contributed by atoms with van der Waals surface area (Å²) >= 11 is 0. The van der Waals surface area contributed by atoms with Gasteiger partial charge in [0.25, 0.3) is 0 Å². The van der Waals surface area contributed by atoms with Crippen LogP contribution in [0.1, 0.15) is 35.3 Å². The van der Waals surface area contributed by atoms with E-state index in [9.17, 15) is 4.79 Å². The van der Waals surface area contributed by atoms with Gasteiger partial charge in [-0.05, 0) is 19.4 Å². The zero-order chi connectivity index (χ0) is 13.9. The predicted octanol–water partition coefficient (Wildman–Crippen LogP) is 3.13. The molecule has 2 rings (SSSR count). The molecule has 0 aliphatic heterocycles. The Morgan fingerprint density at radius 3 is 2.00 bits per heavy atom. The average molecular weight is 255 g/mol. The number of benzene rings is 2. The zero-order valence-corrected chi connectivity index (χ0v) is 11.1. The van der Waals surface area contributed by atoms with Crippen LogP contribution < -0.4 is 5.48 Å². The van der Waals surface area contributed by atoms with Crippen LogP contribution >= 0.6 is 0 Å². The first-order chi connectivity index (χ1) is 9.04. The topological polar surface area (TPSA) is 49.3 Å². The Morgan fingerprint density at radius 2 is 1.47 bits per heavy atom. The van der Waals surface area contributed by atoms with Gasteiger partial charge in [0.1, 0.15) is 0 Å². The number of ketones is 1. The van der Waals surface area contributed by atoms with E-state index in [-0.39, 0.29) is 5.78 Å². The summed E-state index contributed by atoms with van der Waals surface area (Å²) in [6.45, 7) is 3.72. The van der Waals surface area contributed by atoms with Gasteiger partial charge in [0.2, 0.25) is 0 Å². The lowest BCUT2D eigenvalue weighted by Crippen LogP contribution is -2.33. The number of rotatable bonds is 4. The molecule has 0 aliphatic carbocycles. The maximum absolute atomic E-state index is 12.2. The molecule has 0 aromatic heterocycles. The summed E-state index contributed by atoms with van der Waals surface area (Å²) in [6.07, 6.45) is 0. The molecule has 0 atom stereocenters. The van der Waals surface area contributed by atoms with Crippen molar-refractivity contribution in [1.29, 1.82) is 0 Å². The third-order valence-electron chi connectivity index (χ3n) is 3.18. The number of nitrogens with one attached hydrogen (secondary N) is 1. The largest absolute Gasteiger partial charge is 0.316 e. The Hall–Kier alpha value is -1.97. The maximum atomic E-state index is 12.2. The predicted molar refractivity (Wildman–Crippen MR) is 74.3 cm³/mol. The van der Waals surface area contributed by atoms with Crippen molar-refractivity contribution in [3.05, 3.63) is 71.3 Å². The molecule has 3 nitrogen and oxygen atoms in total. The van der Waals surface area contributed by atoms with Crippen molar-refractivity contribution in [2.75, 3.05) is 0 Å². The van der Waals surface area contributed by atoms with Crippen molar-refractivity contribution in [3.63, 3.8) is 0 Å². The van der Waals surface area contributed by atoms with E-state index in [1.54, 1.807) is 24.3 Å². The minimum absolute atomic E-state index is 0.00177. The van der Waals surface area contributed by atoms with Gasteiger partial charge < -0.3 is 5.21 Å². The molecule has 19 heavy (non-hydrogen) atoms. The molecule has 0 bridgehead atoms. The second-order valence-electron chi connectivity index (χ2n) is 5.01.